The summed E-state index contributed by atoms with van der Waals surface area (Å²) >= 11 is 0. The van der Waals surface area contributed by atoms with E-state index in [1.807, 2.05) is 6.92 Å². The lowest BCUT2D eigenvalue weighted by molar-refractivity contribution is 0.475. The summed E-state index contributed by atoms with van der Waals surface area (Å²) in [6.45, 7) is 1.82. The molecule has 0 aliphatic carbocycles. The van der Waals surface area contributed by atoms with E-state index >= 15 is 0 Å². The van der Waals surface area contributed by atoms with Crippen molar-refractivity contribution in [3.05, 3.63) is 71.9 Å². The molecule has 2 aromatic carbocycles. The van der Waals surface area contributed by atoms with Crippen LogP contribution in [0.1, 0.15) is 18.5 Å². The van der Waals surface area contributed by atoms with Crippen LogP contribution in [0.4, 0.5) is 26.2 Å². The van der Waals surface area contributed by atoms with Gasteiger partial charge in [0.05, 0.1) is 12.2 Å². The van der Waals surface area contributed by atoms with Gasteiger partial charge < -0.3 is 15.7 Å². The first-order chi connectivity index (χ1) is 12.0. The summed E-state index contributed by atoms with van der Waals surface area (Å²) in [5, 5.41) is 15.3. The minimum Gasteiger partial charge on any atom is -0.508 e. The Kier molecular flexibility index (Phi) is 4.74. The molecule has 128 valence electrons. The Morgan fingerprint density at radius 2 is 1.84 bits per heavy atom. The van der Waals surface area contributed by atoms with E-state index in [-0.39, 0.29) is 29.4 Å². The molecule has 1 atom stereocenters. The molecule has 25 heavy (non-hydrogen) atoms. The monoisotopic (exact) mass is 342 g/mol. The summed E-state index contributed by atoms with van der Waals surface area (Å²) in [4.78, 5) is 8.00. The van der Waals surface area contributed by atoms with Crippen molar-refractivity contribution < 1.29 is 13.9 Å². The normalized spacial score (nSPS) is 11.8. The number of anilines is 3. The Morgan fingerprint density at radius 3 is 2.56 bits per heavy atom. The number of rotatable bonds is 5. The molecule has 0 aliphatic heterocycles. The largest absolute Gasteiger partial charge is 0.508 e. The Bertz CT molecular complexity index is 871. The fraction of sp³-hybridized carbons (Fsp3) is 0.111. The molecule has 0 spiro atoms. The summed E-state index contributed by atoms with van der Waals surface area (Å²) in [6.07, 6.45) is 1.05. The maximum atomic E-state index is 14.0. The molecule has 0 fully saturated rings. The van der Waals surface area contributed by atoms with Gasteiger partial charge in [-0.25, -0.2) is 13.8 Å². The summed E-state index contributed by atoms with van der Waals surface area (Å²) < 4.78 is 27.0. The number of halogens is 2. The third kappa shape index (κ3) is 4.20. The molecule has 3 rings (SSSR count). The first kappa shape index (κ1) is 16.6. The van der Waals surface area contributed by atoms with Crippen molar-refractivity contribution in [1.82, 2.24) is 9.97 Å². The molecule has 1 aromatic heterocycles. The summed E-state index contributed by atoms with van der Waals surface area (Å²) in [7, 11) is 0. The highest BCUT2D eigenvalue weighted by Gasteiger charge is 2.12. The number of benzene rings is 2. The van der Waals surface area contributed by atoms with Crippen LogP contribution in [0.15, 0.2) is 54.7 Å². The zero-order chi connectivity index (χ0) is 17.8. The summed E-state index contributed by atoms with van der Waals surface area (Å²) in [5.74, 6) is -0.636. The zero-order valence-corrected chi connectivity index (χ0v) is 13.4. The molecule has 0 bridgehead atoms. The topological polar surface area (TPSA) is 70.1 Å². The second-order valence-corrected chi connectivity index (χ2v) is 5.48. The van der Waals surface area contributed by atoms with Gasteiger partial charge in [-0.3, -0.25) is 0 Å². The van der Waals surface area contributed by atoms with E-state index in [2.05, 4.69) is 20.6 Å². The quantitative estimate of drug-likeness (QED) is 0.642. The zero-order valence-electron chi connectivity index (χ0n) is 13.4. The van der Waals surface area contributed by atoms with Crippen molar-refractivity contribution in [3.8, 4) is 5.75 Å². The second-order valence-electron chi connectivity index (χ2n) is 5.48. The molecule has 5 nitrogen and oxygen atoms in total. The highest BCUT2D eigenvalue weighted by atomic mass is 19.1. The van der Waals surface area contributed by atoms with E-state index < -0.39 is 5.82 Å². The van der Waals surface area contributed by atoms with Crippen LogP contribution in [0.5, 0.6) is 5.75 Å². The van der Waals surface area contributed by atoms with Gasteiger partial charge in [0.15, 0.2) is 11.6 Å². The van der Waals surface area contributed by atoms with Crippen LogP contribution in [-0.4, -0.2) is 15.1 Å². The van der Waals surface area contributed by atoms with E-state index in [4.69, 9.17) is 0 Å². The predicted octanol–water partition coefficient (Wildman–Crippen LogP) is 4.38. The van der Waals surface area contributed by atoms with E-state index in [1.165, 1.54) is 24.3 Å². The van der Waals surface area contributed by atoms with E-state index in [1.54, 1.807) is 24.3 Å². The molecule has 0 saturated carbocycles. The highest BCUT2D eigenvalue weighted by Crippen LogP contribution is 2.23. The lowest BCUT2D eigenvalue weighted by Crippen LogP contribution is -2.11. The maximum absolute atomic E-state index is 14.0. The van der Waals surface area contributed by atoms with Gasteiger partial charge in [-0.15, -0.1) is 0 Å². The molecule has 0 saturated heterocycles. The molecular formula is C18H16F2N4O. The molecule has 1 heterocycles. The summed E-state index contributed by atoms with van der Waals surface area (Å²) in [5.41, 5.74) is 1.37. The van der Waals surface area contributed by atoms with Gasteiger partial charge in [-0.05, 0) is 36.8 Å². The first-order valence-electron chi connectivity index (χ1n) is 7.62. The molecule has 0 aliphatic rings. The first-order valence-corrected chi connectivity index (χ1v) is 7.62. The number of hydrogen-bond donors (Lipinski definition) is 3. The molecular weight excluding hydrogens is 326 g/mol. The number of phenolic OH excluding ortho intramolecular Hbond substituents is 1. The Balaban J connectivity index is 1.78. The predicted molar refractivity (Wildman–Crippen MR) is 91.8 cm³/mol. The van der Waals surface area contributed by atoms with Gasteiger partial charge in [-0.2, -0.15) is 4.98 Å². The van der Waals surface area contributed by atoms with Crippen molar-refractivity contribution in [3.63, 3.8) is 0 Å². The van der Waals surface area contributed by atoms with Crippen LogP contribution in [0.3, 0.4) is 0 Å². The van der Waals surface area contributed by atoms with E-state index in [0.717, 1.165) is 11.8 Å². The van der Waals surface area contributed by atoms with E-state index in [0.29, 0.717) is 5.69 Å². The minimum absolute atomic E-state index is 0.0227. The molecule has 1 unspecified atom stereocenters. The Labute approximate surface area is 143 Å². The second kappa shape index (κ2) is 7.12. The number of phenols is 1. The lowest BCUT2D eigenvalue weighted by Gasteiger charge is -2.16. The fourth-order valence-corrected chi connectivity index (χ4v) is 2.28. The van der Waals surface area contributed by atoms with Crippen molar-refractivity contribution in [2.45, 2.75) is 13.0 Å². The molecule has 0 amide bonds. The SMILES string of the molecule is CC(Nc1nc(Nc2cccc(O)c2)ncc1F)c1ccc(F)cc1. The Hall–Kier alpha value is -3.22. The number of nitrogens with zero attached hydrogens (tertiary/aromatic N) is 2. The van der Waals surface area contributed by atoms with E-state index in [9.17, 15) is 13.9 Å². The van der Waals surface area contributed by atoms with Gasteiger partial charge in [0, 0.05) is 11.8 Å². The highest BCUT2D eigenvalue weighted by molar-refractivity contribution is 5.57. The van der Waals surface area contributed by atoms with Gasteiger partial charge in [0.2, 0.25) is 5.95 Å². The maximum Gasteiger partial charge on any atom is 0.229 e. The van der Waals surface area contributed by atoms with Crippen LogP contribution >= 0.6 is 0 Å². The van der Waals surface area contributed by atoms with Gasteiger partial charge in [0.25, 0.3) is 0 Å². The molecule has 7 heteroatoms. The number of aromatic nitrogens is 2. The molecule has 0 radical (unpaired) electrons. The van der Waals surface area contributed by atoms with Crippen molar-refractivity contribution >= 4 is 17.5 Å². The van der Waals surface area contributed by atoms with Crippen LogP contribution in [-0.2, 0) is 0 Å². The number of nitrogens with one attached hydrogen (secondary N) is 2. The Morgan fingerprint density at radius 1 is 1.08 bits per heavy atom. The van der Waals surface area contributed by atoms with Crippen molar-refractivity contribution in [1.29, 1.82) is 0 Å². The van der Waals surface area contributed by atoms with Crippen LogP contribution < -0.4 is 10.6 Å². The molecule has 3 aromatic rings. The fourth-order valence-electron chi connectivity index (χ4n) is 2.28. The lowest BCUT2D eigenvalue weighted by atomic mass is 10.1. The van der Waals surface area contributed by atoms with Crippen molar-refractivity contribution in [2.24, 2.45) is 0 Å². The van der Waals surface area contributed by atoms with Crippen LogP contribution in [0.25, 0.3) is 0 Å². The standard InChI is InChI=1S/C18H16F2N4O/c1-11(12-5-7-13(19)8-6-12)22-17-16(20)10-21-18(24-17)23-14-3-2-4-15(25)9-14/h2-11,25H,1H3,(H2,21,22,23,24). The third-order valence-electron chi connectivity index (χ3n) is 3.57. The van der Waals surface area contributed by atoms with Gasteiger partial charge in [-0.1, -0.05) is 18.2 Å². The van der Waals surface area contributed by atoms with Gasteiger partial charge >= 0.3 is 0 Å². The smallest absolute Gasteiger partial charge is 0.229 e. The van der Waals surface area contributed by atoms with Crippen LogP contribution in [0.2, 0.25) is 0 Å². The van der Waals surface area contributed by atoms with Gasteiger partial charge in [0.1, 0.15) is 11.6 Å². The number of hydrogen-bond acceptors (Lipinski definition) is 5. The van der Waals surface area contributed by atoms with Crippen molar-refractivity contribution in [2.75, 3.05) is 10.6 Å². The average molecular weight is 342 g/mol. The third-order valence-corrected chi connectivity index (χ3v) is 3.57. The summed E-state index contributed by atoms with van der Waals surface area (Å²) in [6, 6.07) is 12.1. The average Bonchev–Trinajstić information content (AvgIpc) is 2.58. The number of aromatic hydroxyl groups is 1. The molecule has 3 N–H and O–H groups in total. The van der Waals surface area contributed by atoms with Crippen LogP contribution in [0, 0.1) is 11.6 Å². The minimum atomic E-state index is -0.601.